The van der Waals surface area contributed by atoms with E-state index in [9.17, 15) is 18.0 Å². The molecule has 7 nitrogen and oxygen atoms in total. The summed E-state index contributed by atoms with van der Waals surface area (Å²) >= 11 is 0. The fourth-order valence-corrected chi connectivity index (χ4v) is 4.27. The summed E-state index contributed by atoms with van der Waals surface area (Å²) in [5.41, 5.74) is 0.217. The summed E-state index contributed by atoms with van der Waals surface area (Å²) in [6, 6.07) is 5.78. The first-order valence-electron chi connectivity index (χ1n) is 8.31. The van der Waals surface area contributed by atoms with E-state index in [0.29, 0.717) is 0 Å². The summed E-state index contributed by atoms with van der Waals surface area (Å²) in [4.78, 5) is 24.7. The molecule has 0 spiro atoms. The lowest BCUT2D eigenvalue weighted by Gasteiger charge is -2.20. The van der Waals surface area contributed by atoms with Crippen molar-refractivity contribution in [2.75, 3.05) is 13.6 Å². The first-order chi connectivity index (χ1) is 11.7. The number of carboxylic acids is 1. The van der Waals surface area contributed by atoms with Crippen molar-refractivity contribution in [3.63, 3.8) is 0 Å². The number of benzene rings is 1. The molecule has 1 saturated carbocycles. The van der Waals surface area contributed by atoms with Gasteiger partial charge < -0.3 is 10.0 Å². The average molecular weight is 368 g/mol. The first kappa shape index (κ1) is 19.4. The highest BCUT2D eigenvalue weighted by molar-refractivity contribution is 7.89. The van der Waals surface area contributed by atoms with E-state index in [0.717, 1.165) is 25.7 Å². The summed E-state index contributed by atoms with van der Waals surface area (Å²) in [5, 5.41) is 8.94. The van der Waals surface area contributed by atoms with Crippen molar-refractivity contribution in [3.8, 4) is 0 Å². The summed E-state index contributed by atoms with van der Waals surface area (Å²) in [5.74, 6) is -2.10. The molecule has 0 aromatic heterocycles. The Kier molecular flexibility index (Phi) is 6.18. The van der Waals surface area contributed by atoms with Gasteiger partial charge >= 0.3 is 5.97 Å². The van der Waals surface area contributed by atoms with Gasteiger partial charge in [-0.15, -0.1) is 0 Å². The zero-order valence-electron chi connectivity index (χ0n) is 14.4. The van der Waals surface area contributed by atoms with Crippen LogP contribution in [0.4, 0.5) is 0 Å². The van der Waals surface area contributed by atoms with Crippen molar-refractivity contribution < 1.29 is 23.1 Å². The Hall–Kier alpha value is -1.93. The van der Waals surface area contributed by atoms with Crippen molar-refractivity contribution in [3.05, 3.63) is 29.8 Å². The van der Waals surface area contributed by atoms with Crippen molar-refractivity contribution in [2.45, 2.75) is 43.5 Å². The smallest absolute Gasteiger partial charge is 0.308 e. The van der Waals surface area contributed by atoms with Gasteiger partial charge in [0, 0.05) is 25.2 Å². The normalized spacial score (nSPS) is 16.6. The zero-order valence-corrected chi connectivity index (χ0v) is 15.3. The fourth-order valence-electron chi connectivity index (χ4n) is 2.92. The van der Waals surface area contributed by atoms with Gasteiger partial charge in [-0.25, -0.2) is 13.1 Å². The van der Waals surface area contributed by atoms with Crippen LogP contribution in [0, 0.1) is 5.92 Å². The fraction of sp³-hybridized carbons (Fsp3) is 0.529. The molecule has 1 aliphatic rings. The Bertz CT molecular complexity index is 741. The molecular formula is C17H24N2O5S. The van der Waals surface area contributed by atoms with E-state index in [-0.39, 0.29) is 23.0 Å². The molecule has 1 aliphatic carbocycles. The van der Waals surface area contributed by atoms with E-state index < -0.39 is 27.8 Å². The third-order valence-electron chi connectivity index (χ3n) is 4.38. The van der Waals surface area contributed by atoms with E-state index in [1.165, 1.54) is 43.1 Å². The molecule has 138 valence electrons. The Morgan fingerprint density at radius 2 is 1.96 bits per heavy atom. The van der Waals surface area contributed by atoms with E-state index >= 15 is 0 Å². The molecule has 1 unspecified atom stereocenters. The number of amides is 1. The Labute approximate surface area is 148 Å². The first-order valence-corrected chi connectivity index (χ1v) is 9.79. The van der Waals surface area contributed by atoms with Gasteiger partial charge in [0.05, 0.1) is 10.8 Å². The highest BCUT2D eigenvalue weighted by atomic mass is 32.2. The van der Waals surface area contributed by atoms with Crippen molar-refractivity contribution in [2.24, 2.45) is 5.92 Å². The predicted molar refractivity (Wildman–Crippen MR) is 92.8 cm³/mol. The number of nitrogens with zero attached hydrogens (tertiary/aromatic N) is 1. The number of sulfonamides is 1. The molecule has 0 heterocycles. The summed E-state index contributed by atoms with van der Waals surface area (Å²) in [6.45, 7) is 1.56. The lowest BCUT2D eigenvalue weighted by Crippen LogP contribution is -2.34. The second-order valence-electron chi connectivity index (χ2n) is 6.56. The monoisotopic (exact) mass is 368 g/mol. The van der Waals surface area contributed by atoms with Crippen molar-refractivity contribution >= 4 is 21.9 Å². The van der Waals surface area contributed by atoms with Gasteiger partial charge in [0.2, 0.25) is 10.0 Å². The van der Waals surface area contributed by atoms with Crippen LogP contribution in [-0.4, -0.2) is 49.9 Å². The summed E-state index contributed by atoms with van der Waals surface area (Å²) in [6.07, 6.45) is 3.68. The molecule has 0 saturated heterocycles. The molecule has 0 aliphatic heterocycles. The number of carboxylic acid groups (broad SMARTS) is 1. The van der Waals surface area contributed by atoms with Gasteiger partial charge in [0.1, 0.15) is 0 Å². The predicted octanol–water partition coefficient (Wildman–Crippen LogP) is 1.70. The number of carbonyl (C=O) groups is 2. The van der Waals surface area contributed by atoms with E-state index in [1.807, 2.05) is 0 Å². The largest absolute Gasteiger partial charge is 0.481 e. The highest BCUT2D eigenvalue weighted by Gasteiger charge is 2.24. The molecule has 1 amide bonds. The van der Waals surface area contributed by atoms with Crippen LogP contribution in [0.1, 0.15) is 43.0 Å². The van der Waals surface area contributed by atoms with Crippen LogP contribution in [0.3, 0.4) is 0 Å². The average Bonchev–Trinajstić information content (AvgIpc) is 3.06. The Morgan fingerprint density at radius 1 is 1.32 bits per heavy atom. The SMILES string of the molecule is CC(CN(C)C(=O)c1cccc(S(=O)(=O)NC2CCCC2)c1)C(=O)O. The molecule has 2 N–H and O–H groups in total. The summed E-state index contributed by atoms with van der Waals surface area (Å²) in [7, 11) is -2.18. The number of rotatable bonds is 7. The van der Waals surface area contributed by atoms with Crippen LogP contribution in [0.2, 0.25) is 0 Å². The quantitative estimate of drug-likeness (QED) is 0.762. The molecular weight excluding hydrogens is 344 g/mol. The molecule has 1 aromatic rings. The second kappa shape index (κ2) is 7.97. The molecule has 25 heavy (non-hydrogen) atoms. The maximum Gasteiger partial charge on any atom is 0.308 e. The van der Waals surface area contributed by atoms with Crippen LogP contribution in [-0.2, 0) is 14.8 Å². The maximum atomic E-state index is 12.5. The highest BCUT2D eigenvalue weighted by Crippen LogP contribution is 2.21. The second-order valence-corrected chi connectivity index (χ2v) is 8.27. The topological polar surface area (TPSA) is 104 Å². The minimum absolute atomic E-state index is 0.0462. The zero-order chi connectivity index (χ0) is 18.6. The third-order valence-corrected chi connectivity index (χ3v) is 5.90. The third kappa shape index (κ3) is 5.02. The van der Waals surface area contributed by atoms with Gasteiger partial charge in [0.15, 0.2) is 0 Å². The van der Waals surface area contributed by atoms with E-state index in [4.69, 9.17) is 5.11 Å². The van der Waals surface area contributed by atoms with Crippen LogP contribution >= 0.6 is 0 Å². The maximum absolute atomic E-state index is 12.5. The number of hydrogen-bond donors (Lipinski definition) is 2. The molecule has 8 heteroatoms. The van der Waals surface area contributed by atoms with Gasteiger partial charge in [-0.1, -0.05) is 25.8 Å². The molecule has 0 bridgehead atoms. The van der Waals surface area contributed by atoms with Gasteiger partial charge in [0.25, 0.3) is 5.91 Å². The number of hydrogen-bond acceptors (Lipinski definition) is 4. The molecule has 0 radical (unpaired) electrons. The van der Waals surface area contributed by atoms with Crippen molar-refractivity contribution in [1.29, 1.82) is 0 Å². The summed E-state index contributed by atoms with van der Waals surface area (Å²) < 4.78 is 27.7. The van der Waals surface area contributed by atoms with Gasteiger partial charge in [-0.2, -0.15) is 0 Å². The lowest BCUT2D eigenvalue weighted by molar-refractivity contribution is -0.141. The van der Waals surface area contributed by atoms with Crippen LogP contribution in [0.5, 0.6) is 0 Å². The standard InChI is InChI=1S/C17H24N2O5S/c1-12(17(21)22)11-19(2)16(20)13-6-5-9-15(10-13)25(23,24)18-14-7-3-4-8-14/h5-6,9-10,12,14,18H,3-4,7-8,11H2,1-2H3,(H,21,22). The Morgan fingerprint density at radius 3 is 2.56 bits per heavy atom. The number of carbonyl (C=O) groups excluding carboxylic acids is 1. The molecule has 1 atom stereocenters. The van der Waals surface area contributed by atoms with Gasteiger partial charge in [-0.05, 0) is 31.0 Å². The molecule has 1 aromatic carbocycles. The molecule has 1 fully saturated rings. The Balaban J connectivity index is 2.14. The molecule has 2 rings (SSSR count). The number of nitrogens with one attached hydrogen (secondary N) is 1. The van der Waals surface area contributed by atoms with Crippen LogP contribution in [0.15, 0.2) is 29.2 Å². The van der Waals surface area contributed by atoms with Gasteiger partial charge in [-0.3, -0.25) is 9.59 Å². The number of aliphatic carboxylic acids is 1. The van der Waals surface area contributed by atoms with Crippen molar-refractivity contribution in [1.82, 2.24) is 9.62 Å². The van der Waals surface area contributed by atoms with E-state index in [2.05, 4.69) is 4.72 Å². The minimum atomic E-state index is -3.68. The minimum Gasteiger partial charge on any atom is -0.481 e. The van der Waals surface area contributed by atoms with E-state index in [1.54, 1.807) is 0 Å². The van der Waals surface area contributed by atoms with Crippen LogP contribution < -0.4 is 4.72 Å². The lowest BCUT2D eigenvalue weighted by atomic mass is 10.1. The van der Waals surface area contributed by atoms with Crippen LogP contribution in [0.25, 0.3) is 0 Å².